The molecule has 22 heavy (non-hydrogen) atoms. The molecular formula is C16H24N2O3S. The standard InChI is InChI=1S/C16H24N2O3S/c1-13(2)17-16(19)12-14-6-8-15(9-7-14)22(20,21)18-10-4-3-5-11-18/h6-9,13H,3-5,10-12H2,1-2H3,(H,17,19). The van der Waals surface area contributed by atoms with Crippen molar-refractivity contribution in [2.45, 2.75) is 50.5 Å². The van der Waals surface area contributed by atoms with Crippen LogP contribution < -0.4 is 5.32 Å². The van der Waals surface area contributed by atoms with Crippen LogP contribution in [0.2, 0.25) is 0 Å². The van der Waals surface area contributed by atoms with Crippen LogP contribution in [-0.4, -0.2) is 37.8 Å². The van der Waals surface area contributed by atoms with E-state index in [4.69, 9.17) is 0 Å². The van der Waals surface area contributed by atoms with Gasteiger partial charge in [-0.1, -0.05) is 18.6 Å². The number of sulfonamides is 1. The number of benzene rings is 1. The minimum Gasteiger partial charge on any atom is -0.354 e. The molecule has 1 N–H and O–H groups in total. The van der Waals surface area contributed by atoms with Crippen molar-refractivity contribution in [2.24, 2.45) is 0 Å². The number of piperidine rings is 1. The average molecular weight is 324 g/mol. The maximum atomic E-state index is 12.5. The van der Waals surface area contributed by atoms with Crippen LogP contribution >= 0.6 is 0 Å². The van der Waals surface area contributed by atoms with Gasteiger partial charge < -0.3 is 5.32 Å². The fourth-order valence-electron chi connectivity index (χ4n) is 2.59. The Morgan fingerprint density at radius 1 is 1.14 bits per heavy atom. The summed E-state index contributed by atoms with van der Waals surface area (Å²) in [5.41, 5.74) is 0.816. The summed E-state index contributed by atoms with van der Waals surface area (Å²) in [4.78, 5) is 12.0. The predicted octanol–water partition coefficient (Wildman–Crippen LogP) is 1.93. The Balaban J connectivity index is 2.06. The molecule has 1 amide bonds. The van der Waals surface area contributed by atoms with Crippen LogP contribution in [0, 0.1) is 0 Å². The van der Waals surface area contributed by atoms with E-state index in [0.29, 0.717) is 18.0 Å². The van der Waals surface area contributed by atoms with Gasteiger partial charge in [0.05, 0.1) is 11.3 Å². The summed E-state index contributed by atoms with van der Waals surface area (Å²) >= 11 is 0. The maximum Gasteiger partial charge on any atom is 0.243 e. The van der Waals surface area contributed by atoms with Crippen molar-refractivity contribution in [1.29, 1.82) is 0 Å². The monoisotopic (exact) mass is 324 g/mol. The number of carbonyl (C=O) groups excluding carboxylic acids is 1. The van der Waals surface area contributed by atoms with Gasteiger partial charge in [0.1, 0.15) is 0 Å². The van der Waals surface area contributed by atoms with E-state index in [1.54, 1.807) is 28.6 Å². The molecule has 6 heteroatoms. The normalized spacial score (nSPS) is 16.7. The van der Waals surface area contributed by atoms with Crippen molar-refractivity contribution < 1.29 is 13.2 Å². The molecule has 1 aliphatic rings. The van der Waals surface area contributed by atoms with Gasteiger partial charge in [0, 0.05) is 19.1 Å². The molecule has 1 fully saturated rings. The average Bonchev–Trinajstić information content (AvgIpc) is 2.48. The van der Waals surface area contributed by atoms with Crippen LogP contribution in [0.25, 0.3) is 0 Å². The Bertz CT molecular complexity index is 603. The predicted molar refractivity (Wildman–Crippen MR) is 86.0 cm³/mol. The van der Waals surface area contributed by atoms with Crippen molar-refractivity contribution in [3.63, 3.8) is 0 Å². The van der Waals surface area contributed by atoms with Gasteiger partial charge in [0.25, 0.3) is 0 Å². The molecule has 0 unspecified atom stereocenters. The molecule has 2 rings (SSSR count). The second-order valence-corrected chi connectivity index (χ2v) is 7.95. The van der Waals surface area contributed by atoms with Gasteiger partial charge in [-0.15, -0.1) is 0 Å². The summed E-state index contributed by atoms with van der Waals surface area (Å²) < 4.78 is 26.6. The quantitative estimate of drug-likeness (QED) is 0.900. The van der Waals surface area contributed by atoms with Gasteiger partial charge >= 0.3 is 0 Å². The summed E-state index contributed by atoms with van der Waals surface area (Å²) in [5, 5.41) is 2.82. The molecule has 0 radical (unpaired) electrons. The van der Waals surface area contributed by atoms with Crippen molar-refractivity contribution in [3.8, 4) is 0 Å². The Morgan fingerprint density at radius 2 is 1.73 bits per heavy atom. The highest BCUT2D eigenvalue weighted by Crippen LogP contribution is 2.20. The topological polar surface area (TPSA) is 66.5 Å². The zero-order chi connectivity index (χ0) is 16.2. The van der Waals surface area contributed by atoms with Crippen LogP contribution in [0.4, 0.5) is 0 Å². The van der Waals surface area contributed by atoms with Gasteiger partial charge in [-0.2, -0.15) is 4.31 Å². The molecule has 0 saturated carbocycles. The summed E-state index contributed by atoms with van der Waals surface area (Å²) in [6.45, 7) is 5.01. The van der Waals surface area contributed by atoms with Crippen molar-refractivity contribution in [3.05, 3.63) is 29.8 Å². The molecule has 0 bridgehead atoms. The summed E-state index contributed by atoms with van der Waals surface area (Å²) in [6.07, 6.45) is 3.21. The highest BCUT2D eigenvalue weighted by Gasteiger charge is 2.25. The van der Waals surface area contributed by atoms with Gasteiger partial charge in [0.2, 0.25) is 15.9 Å². The van der Waals surface area contributed by atoms with Gasteiger partial charge in [-0.25, -0.2) is 8.42 Å². The number of nitrogens with one attached hydrogen (secondary N) is 1. The van der Waals surface area contributed by atoms with Crippen molar-refractivity contribution in [1.82, 2.24) is 9.62 Å². The zero-order valence-electron chi connectivity index (χ0n) is 13.2. The van der Waals surface area contributed by atoms with E-state index in [1.807, 2.05) is 13.8 Å². The summed E-state index contributed by atoms with van der Waals surface area (Å²) in [6, 6.07) is 6.74. The number of hydrogen-bond acceptors (Lipinski definition) is 3. The van der Waals surface area contributed by atoms with E-state index in [0.717, 1.165) is 24.8 Å². The molecule has 5 nitrogen and oxygen atoms in total. The molecule has 0 aliphatic carbocycles. The maximum absolute atomic E-state index is 12.5. The van der Waals surface area contributed by atoms with Crippen molar-refractivity contribution >= 4 is 15.9 Å². The lowest BCUT2D eigenvalue weighted by Gasteiger charge is -2.25. The van der Waals surface area contributed by atoms with E-state index in [1.165, 1.54) is 0 Å². The van der Waals surface area contributed by atoms with E-state index < -0.39 is 10.0 Å². The Labute approximate surface area is 132 Å². The zero-order valence-corrected chi connectivity index (χ0v) is 14.0. The highest BCUT2D eigenvalue weighted by molar-refractivity contribution is 7.89. The largest absolute Gasteiger partial charge is 0.354 e. The number of nitrogens with zero attached hydrogens (tertiary/aromatic N) is 1. The van der Waals surface area contributed by atoms with Gasteiger partial charge in [-0.05, 0) is 44.4 Å². The molecule has 1 aliphatic heterocycles. The summed E-state index contributed by atoms with van der Waals surface area (Å²) in [5.74, 6) is -0.0540. The molecule has 1 aromatic rings. The molecule has 0 atom stereocenters. The molecule has 0 aromatic heterocycles. The first-order valence-electron chi connectivity index (χ1n) is 7.78. The van der Waals surface area contributed by atoms with E-state index in [9.17, 15) is 13.2 Å². The lowest BCUT2D eigenvalue weighted by Crippen LogP contribution is -2.35. The number of carbonyl (C=O) groups is 1. The third-order valence-corrected chi connectivity index (χ3v) is 5.60. The van der Waals surface area contributed by atoms with Crippen LogP contribution in [0.5, 0.6) is 0 Å². The number of rotatable bonds is 5. The number of hydrogen-bond donors (Lipinski definition) is 1. The molecule has 1 heterocycles. The Kier molecular flexibility index (Phi) is 5.58. The first-order chi connectivity index (χ1) is 10.4. The Hall–Kier alpha value is -1.40. The second-order valence-electron chi connectivity index (χ2n) is 6.01. The molecule has 122 valence electrons. The summed E-state index contributed by atoms with van der Waals surface area (Å²) in [7, 11) is -3.39. The Morgan fingerprint density at radius 3 is 2.27 bits per heavy atom. The SMILES string of the molecule is CC(C)NC(=O)Cc1ccc(S(=O)(=O)N2CCCCC2)cc1. The minimum absolute atomic E-state index is 0.0540. The third kappa shape index (κ3) is 4.30. The fourth-order valence-corrected chi connectivity index (χ4v) is 4.11. The molecular weight excluding hydrogens is 300 g/mol. The minimum atomic E-state index is -3.39. The molecule has 1 aromatic carbocycles. The molecule has 1 saturated heterocycles. The van der Waals surface area contributed by atoms with Crippen LogP contribution in [-0.2, 0) is 21.2 Å². The van der Waals surface area contributed by atoms with Crippen LogP contribution in [0.15, 0.2) is 29.2 Å². The lowest BCUT2D eigenvalue weighted by atomic mass is 10.1. The highest BCUT2D eigenvalue weighted by atomic mass is 32.2. The van der Waals surface area contributed by atoms with E-state index in [-0.39, 0.29) is 18.4 Å². The van der Waals surface area contributed by atoms with E-state index in [2.05, 4.69) is 5.32 Å². The van der Waals surface area contributed by atoms with Crippen LogP contribution in [0.1, 0.15) is 38.7 Å². The van der Waals surface area contributed by atoms with Gasteiger partial charge in [-0.3, -0.25) is 4.79 Å². The van der Waals surface area contributed by atoms with Crippen LogP contribution in [0.3, 0.4) is 0 Å². The third-order valence-electron chi connectivity index (χ3n) is 3.69. The van der Waals surface area contributed by atoms with Gasteiger partial charge in [0.15, 0.2) is 0 Å². The number of amides is 1. The van der Waals surface area contributed by atoms with Crippen molar-refractivity contribution in [2.75, 3.05) is 13.1 Å². The van der Waals surface area contributed by atoms with E-state index >= 15 is 0 Å². The second kappa shape index (κ2) is 7.24. The first kappa shape index (κ1) is 17.0. The first-order valence-corrected chi connectivity index (χ1v) is 9.22. The fraction of sp³-hybridized carbons (Fsp3) is 0.562. The smallest absolute Gasteiger partial charge is 0.243 e. The lowest BCUT2D eigenvalue weighted by molar-refractivity contribution is -0.120. The molecule has 0 spiro atoms.